The van der Waals surface area contributed by atoms with Crippen LogP contribution in [-0.2, 0) is 0 Å². The number of rotatable bonds is 2. The maximum absolute atomic E-state index is 10.9. The van der Waals surface area contributed by atoms with Crippen LogP contribution in [0.25, 0.3) is 23.1 Å². The highest BCUT2D eigenvalue weighted by atomic mass is 16.1. The smallest absolute Gasteiger partial charge is 0.247 e. The molecule has 0 fully saturated rings. The summed E-state index contributed by atoms with van der Waals surface area (Å²) in [6, 6.07) is 11.2. The van der Waals surface area contributed by atoms with Gasteiger partial charge in [-0.2, -0.15) is 5.10 Å². The molecule has 2 N–H and O–H groups in total. The van der Waals surface area contributed by atoms with Crippen LogP contribution in [0, 0.1) is 0 Å². The molecule has 0 bridgehead atoms. The molecule has 0 saturated carbocycles. The first-order valence-corrected chi connectivity index (χ1v) is 5.63. The molecule has 0 aliphatic carbocycles. The molecule has 2 aromatic heterocycles. The second kappa shape index (κ2) is 4.33. The van der Waals surface area contributed by atoms with Crippen LogP contribution in [0.4, 0.5) is 0 Å². The van der Waals surface area contributed by atoms with Crippen LogP contribution >= 0.6 is 0 Å². The third kappa shape index (κ3) is 1.96. The van der Waals surface area contributed by atoms with Crippen molar-refractivity contribution in [1.82, 2.24) is 15.2 Å². The summed E-state index contributed by atoms with van der Waals surface area (Å²) in [6.07, 6.45) is 5.51. The summed E-state index contributed by atoms with van der Waals surface area (Å²) < 4.78 is 0. The summed E-state index contributed by atoms with van der Waals surface area (Å²) in [4.78, 5) is 13.6. The van der Waals surface area contributed by atoms with E-state index in [4.69, 9.17) is 0 Å². The van der Waals surface area contributed by atoms with Crippen LogP contribution in [0.2, 0.25) is 0 Å². The zero-order valence-corrected chi connectivity index (χ0v) is 9.55. The zero-order chi connectivity index (χ0) is 12.4. The Bertz CT molecular complexity index is 747. The molecule has 0 radical (unpaired) electrons. The number of benzene rings is 1. The second-order valence-electron chi connectivity index (χ2n) is 3.97. The molecule has 2 heterocycles. The van der Waals surface area contributed by atoms with Crippen LogP contribution in [0.5, 0.6) is 0 Å². The number of aromatic amines is 2. The van der Waals surface area contributed by atoms with Gasteiger partial charge >= 0.3 is 0 Å². The van der Waals surface area contributed by atoms with Crippen molar-refractivity contribution in [1.29, 1.82) is 0 Å². The third-order valence-electron chi connectivity index (χ3n) is 2.74. The number of H-pyrrole nitrogens is 2. The summed E-state index contributed by atoms with van der Waals surface area (Å²) in [5.74, 6) is 0. The Morgan fingerprint density at radius 2 is 1.94 bits per heavy atom. The molecular weight excluding hydrogens is 226 g/mol. The van der Waals surface area contributed by atoms with Gasteiger partial charge in [0.15, 0.2) is 0 Å². The predicted octanol–water partition coefficient (Wildman–Crippen LogP) is 2.42. The lowest BCUT2D eigenvalue weighted by Gasteiger charge is -1.91. The largest absolute Gasteiger partial charge is 0.329 e. The molecule has 4 heteroatoms. The topological polar surface area (TPSA) is 61.5 Å². The molecule has 88 valence electrons. The summed E-state index contributed by atoms with van der Waals surface area (Å²) in [5.41, 5.74) is 2.73. The minimum atomic E-state index is -0.0997. The number of hydrogen-bond donors (Lipinski definition) is 2. The molecule has 0 unspecified atom stereocenters. The van der Waals surface area contributed by atoms with E-state index in [-0.39, 0.29) is 5.56 Å². The minimum Gasteiger partial charge on any atom is -0.329 e. The standard InChI is InChI=1S/C14H11N3O/c18-14-8-6-10(9-15-14)5-7-13-11-3-1-2-4-12(11)16-17-13/h1-9H,(H,15,18)(H,16,17). The van der Waals surface area contributed by atoms with Gasteiger partial charge in [0.1, 0.15) is 0 Å². The summed E-state index contributed by atoms with van der Waals surface area (Å²) in [7, 11) is 0. The van der Waals surface area contributed by atoms with Gasteiger partial charge in [-0.15, -0.1) is 0 Å². The van der Waals surface area contributed by atoms with Crippen molar-refractivity contribution in [2.75, 3.05) is 0 Å². The van der Waals surface area contributed by atoms with Crippen molar-refractivity contribution >= 4 is 23.1 Å². The maximum atomic E-state index is 10.9. The molecule has 0 amide bonds. The zero-order valence-electron chi connectivity index (χ0n) is 9.55. The average molecular weight is 237 g/mol. The lowest BCUT2D eigenvalue weighted by molar-refractivity contribution is 1.11. The van der Waals surface area contributed by atoms with Crippen molar-refractivity contribution in [3.8, 4) is 0 Å². The van der Waals surface area contributed by atoms with Crippen LogP contribution in [0.1, 0.15) is 11.3 Å². The van der Waals surface area contributed by atoms with E-state index in [0.29, 0.717) is 0 Å². The van der Waals surface area contributed by atoms with Crippen LogP contribution in [0.3, 0.4) is 0 Å². The van der Waals surface area contributed by atoms with E-state index < -0.39 is 0 Å². The van der Waals surface area contributed by atoms with Gasteiger partial charge in [-0.1, -0.05) is 24.3 Å². The fourth-order valence-electron chi connectivity index (χ4n) is 1.81. The molecule has 0 atom stereocenters. The first-order chi connectivity index (χ1) is 8.83. The SMILES string of the molecule is O=c1ccc(C=Cc2n[nH]c3ccccc23)c[nH]1. The Morgan fingerprint density at radius 1 is 1.06 bits per heavy atom. The highest BCUT2D eigenvalue weighted by Crippen LogP contribution is 2.17. The fourth-order valence-corrected chi connectivity index (χ4v) is 1.81. The van der Waals surface area contributed by atoms with Gasteiger partial charge in [0.2, 0.25) is 5.56 Å². The Morgan fingerprint density at radius 3 is 2.78 bits per heavy atom. The molecule has 3 rings (SSSR count). The highest BCUT2D eigenvalue weighted by molar-refractivity contribution is 5.89. The minimum absolute atomic E-state index is 0.0997. The Labute approximate surface area is 103 Å². The van der Waals surface area contributed by atoms with E-state index in [1.807, 2.05) is 36.4 Å². The number of fused-ring (bicyclic) bond motifs is 1. The maximum Gasteiger partial charge on any atom is 0.247 e. The van der Waals surface area contributed by atoms with Gasteiger partial charge < -0.3 is 4.98 Å². The average Bonchev–Trinajstić information content (AvgIpc) is 2.82. The number of aromatic nitrogens is 3. The van der Waals surface area contributed by atoms with E-state index in [0.717, 1.165) is 22.2 Å². The van der Waals surface area contributed by atoms with E-state index >= 15 is 0 Å². The molecular formula is C14H11N3O. The van der Waals surface area contributed by atoms with Gasteiger partial charge in [0.05, 0.1) is 11.2 Å². The Kier molecular flexibility index (Phi) is 2.53. The number of nitrogens with zero attached hydrogens (tertiary/aromatic N) is 1. The molecule has 1 aromatic carbocycles. The third-order valence-corrected chi connectivity index (χ3v) is 2.74. The van der Waals surface area contributed by atoms with Crippen molar-refractivity contribution in [3.05, 3.63) is 64.2 Å². The van der Waals surface area contributed by atoms with E-state index in [9.17, 15) is 4.79 Å². The first kappa shape index (κ1) is 10.5. The van der Waals surface area contributed by atoms with Crippen LogP contribution in [0.15, 0.2) is 47.4 Å². The number of pyridine rings is 1. The van der Waals surface area contributed by atoms with Crippen molar-refractivity contribution in [2.24, 2.45) is 0 Å². The van der Waals surface area contributed by atoms with E-state index in [1.165, 1.54) is 6.07 Å². The van der Waals surface area contributed by atoms with Crippen molar-refractivity contribution in [2.45, 2.75) is 0 Å². The van der Waals surface area contributed by atoms with Crippen LogP contribution in [-0.4, -0.2) is 15.2 Å². The molecule has 3 aromatic rings. The predicted molar refractivity (Wildman–Crippen MR) is 72.1 cm³/mol. The summed E-state index contributed by atoms with van der Waals surface area (Å²) >= 11 is 0. The number of nitrogens with one attached hydrogen (secondary N) is 2. The molecule has 4 nitrogen and oxygen atoms in total. The normalized spacial score (nSPS) is 11.3. The molecule has 0 aliphatic heterocycles. The number of hydrogen-bond acceptors (Lipinski definition) is 2. The van der Waals surface area contributed by atoms with Crippen molar-refractivity contribution < 1.29 is 0 Å². The van der Waals surface area contributed by atoms with Gasteiger partial charge in [0, 0.05) is 17.6 Å². The molecule has 0 aliphatic rings. The second-order valence-corrected chi connectivity index (χ2v) is 3.97. The molecule has 0 spiro atoms. The molecule has 0 saturated heterocycles. The Hall–Kier alpha value is -2.62. The molecule has 18 heavy (non-hydrogen) atoms. The van der Waals surface area contributed by atoms with Gasteiger partial charge in [-0.25, -0.2) is 0 Å². The van der Waals surface area contributed by atoms with Crippen LogP contribution < -0.4 is 5.56 Å². The summed E-state index contributed by atoms with van der Waals surface area (Å²) in [6.45, 7) is 0. The first-order valence-electron chi connectivity index (χ1n) is 5.63. The van der Waals surface area contributed by atoms with Gasteiger partial charge in [0.25, 0.3) is 0 Å². The quantitative estimate of drug-likeness (QED) is 0.719. The van der Waals surface area contributed by atoms with Gasteiger partial charge in [-0.3, -0.25) is 9.89 Å². The lowest BCUT2D eigenvalue weighted by atomic mass is 10.2. The number of para-hydroxylation sites is 1. The van der Waals surface area contributed by atoms with E-state index in [2.05, 4.69) is 15.2 Å². The van der Waals surface area contributed by atoms with E-state index in [1.54, 1.807) is 12.3 Å². The lowest BCUT2D eigenvalue weighted by Crippen LogP contribution is -2.01. The van der Waals surface area contributed by atoms with Gasteiger partial charge in [-0.05, 0) is 23.8 Å². The van der Waals surface area contributed by atoms with Crippen molar-refractivity contribution in [3.63, 3.8) is 0 Å². The fraction of sp³-hybridized carbons (Fsp3) is 0. The summed E-state index contributed by atoms with van der Waals surface area (Å²) in [5, 5.41) is 8.30. The monoisotopic (exact) mass is 237 g/mol. The Balaban J connectivity index is 1.96. The highest BCUT2D eigenvalue weighted by Gasteiger charge is 2.00.